The number of benzene rings is 1. The number of guanidine groups is 1. The summed E-state index contributed by atoms with van der Waals surface area (Å²) in [6.07, 6.45) is 3.61. The molecule has 1 aliphatic carbocycles. The lowest BCUT2D eigenvalue weighted by Gasteiger charge is -2.20. The molecule has 154 valence electrons. The minimum atomic E-state index is -0.00773. The van der Waals surface area contributed by atoms with E-state index in [1.54, 1.807) is 7.05 Å². The fraction of sp³-hybridized carbons (Fsp3) is 0.591. The van der Waals surface area contributed by atoms with E-state index in [0.717, 1.165) is 54.6 Å². The molecular formula is C22H33N3O3. The highest BCUT2D eigenvalue weighted by atomic mass is 16.5. The number of para-hydroxylation sites is 1. The zero-order valence-corrected chi connectivity index (χ0v) is 17.5. The van der Waals surface area contributed by atoms with E-state index in [-0.39, 0.29) is 6.04 Å². The second-order valence-corrected chi connectivity index (χ2v) is 7.49. The first-order valence-electron chi connectivity index (χ1n) is 10.3. The third-order valence-corrected chi connectivity index (χ3v) is 5.40. The van der Waals surface area contributed by atoms with Crippen LogP contribution in [0.5, 0.6) is 5.75 Å². The number of ether oxygens (including phenoxy) is 2. The van der Waals surface area contributed by atoms with Crippen LogP contribution in [-0.4, -0.2) is 39.4 Å². The number of aliphatic imine (C=N–C) groups is 1. The normalized spacial score (nSPS) is 16.8. The Bertz CT molecular complexity index is 795. The van der Waals surface area contributed by atoms with Crippen LogP contribution >= 0.6 is 0 Å². The summed E-state index contributed by atoms with van der Waals surface area (Å²) in [5.74, 6) is 2.44. The molecule has 2 aromatic rings. The number of nitrogens with zero attached hydrogens (tertiary/aromatic N) is 1. The molecule has 3 rings (SSSR count). The minimum absolute atomic E-state index is 0.00773. The Hall–Kier alpha value is -2.21. The summed E-state index contributed by atoms with van der Waals surface area (Å²) in [7, 11) is 1.80. The molecule has 0 spiro atoms. The fourth-order valence-corrected chi connectivity index (χ4v) is 3.41. The highest BCUT2D eigenvalue weighted by Crippen LogP contribution is 2.48. The van der Waals surface area contributed by atoms with Crippen LogP contribution in [0.15, 0.2) is 33.7 Å². The van der Waals surface area contributed by atoms with E-state index in [4.69, 9.17) is 13.9 Å². The molecule has 1 unspecified atom stereocenters. The van der Waals surface area contributed by atoms with Crippen molar-refractivity contribution >= 4 is 16.9 Å². The van der Waals surface area contributed by atoms with Crippen molar-refractivity contribution in [2.75, 3.05) is 33.4 Å². The number of hydrogen-bond acceptors (Lipinski definition) is 4. The van der Waals surface area contributed by atoms with E-state index in [2.05, 4.69) is 28.6 Å². The second kappa shape index (κ2) is 9.32. The van der Waals surface area contributed by atoms with Gasteiger partial charge in [-0.1, -0.05) is 12.1 Å². The van der Waals surface area contributed by atoms with Gasteiger partial charge in [-0.2, -0.15) is 0 Å². The molecule has 1 aromatic carbocycles. The molecule has 1 atom stereocenters. The van der Waals surface area contributed by atoms with Crippen molar-refractivity contribution in [1.29, 1.82) is 0 Å². The summed E-state index contributed by atoms with van der Waals surface area (Å²) < 4.78 is 17.3. The highest BCUT2D eigenvalue weighted by molar-refractivity contribution is 5.84. The van der Waals surface area contributed by atoms with Crippen LogP contribution in [0, 0.1) is 5.41 Å². The molecule has 1 saturated carbocycles. The van der Waals surface area contributed by atoms with Gasteiger partial charge >= 0.3 is 0 Å². The van der Waals surface area contributed by atoms with Gasteiger partial charge < -0.3 is 24.5 Å². The van der Waals surface area contributed by atoms with Gasteiger partial charge in [0.1, 0.15) is 5.76 Å². The van der Waals surface area contributed by atoms with E-state index >= 15 is 0 Å². The molecule has 1 aromatic heterocycles. The van der Waals surface area contributed by atoms with Gasteiger partial charge in [-0.05, 0) is 57.6 Å². The lowest BCUT2D eigenvalue weighted by molar-refractivity contribution is 0.128. The van der Waals surface area contributed by atoms with Gasteiger partial charge in [0, 0.05) is 32.2 Å². The van der Waals surface area contributed by atoms with Gasteiger partial charge in [0.15, 0.2) is 17.3 Å². The summed E-state index contributed by atoms with van der Waals surface area (Å²) in [5.41, 5.74) is 1.16. The highest BCUT2D eigenvalue weighted by Gasteiger charge is 2.42. The Labute approximate surface area is 167 Å². The van der Waals surface area contributed by atoms with Crippen LogP contribution in [0.25, 0.3) is 11.0 Å². The molecule has 1 aliphatic rings. The SMILES string of the molecule is CCOCCC1(CNC(=NC)NC(C)c2cc3cccc(OCC)c3o2)CC1. The molecule has 0 bridgehead atoms. The van der Waals surface area contributed by atoms with E-state index in [0.29, 0.717) is 12.0 Å². The van der Waals surface area contributed by atoms with Crippen LogP contribution in [-0.2, 0) is 4.74 Å². The van der Waals surface area contributed by atoms with E-state index in [9.17, 15) is 0 Å². The molecule has 0 aliphatic heterocycles. The Morgan fingerprint density at radius 1 is 1.29 bits per heavy atom. The Kier molecular flexibility index (Phi) is 6.83. The molecule has 6 heteroatoms. The monoisotopic (exact) mass is 387 g/mol. The largest absolute Gasteiger partial charge is 0.490 e. The topological polar surface area (TPSA) is 68.0 Å². The predicted octanol–water partition coefficient (Wildman–Crippen LogP) is 4.26. The van der Waals surface area contributed by atoms with Gasteiger partial charge in [0.25, 0.3) is 0 Å². The summed E-state index contributed by atoms with van der Waals surface area (Å²) in [5, 5.41) is 7.96. The summed E-state index contributed by atoms with van der Waals surface area (Å²) >= 11 is 0. The molecule has 0 amide bonds. The quantitative estimate of drug-likeness (QED) is 0.362. The lowest BCUT2D eigenvalue weighted by Crippen LogP contribution is -2.41. The first-order chi connectivity index (χ1) is 13.6. The Balaban J connectivity index is 1.59. The second-order valence-electron chi connectivity index (χ2n) is 7.49. The standard InChI is InChI=1S/C22H33N3O3/c1-5-26-13-12-22(10-11-22)15-24-21(23-4)25-16(3)19-14-17-8-7-9-18(27-6-2)20(17)28-19/h7-9,14,16H,5-6,10-13,15H2,1-4H3,(H2,23,24,25). The zero-order chi connectivity index (χ0) is 20.0. The maximum atomic E-state index is 6.10. The summed E-state index contributed by atoms with van der Waals surface area (Å²) in [6.45, 7) is 9.25. The van der Waals surface area contributed by atoms with Crippen LogP contribution in [0.1, 0.15) is 51.8 Å². The zero-order valence-electron chi connectivity index (χ0n) is 17.5. The first-order valence-corrected chi connectivity index (χ1v) is 10.3. The van der Waals surface area contributed by atoms with Crippen LogP contribution in [0.2, 0.25) is 0 Å². The van der Waals surface area contributed by atoms with Crippen molar-refractivity contribution in [3.63, 3.8) is 0 Å². The van der Waals surface area contributed by atoms with Crippen molar-refractivity contribution < 1.29 is 13.9 Å². The van der Waals surface area contributed by atoms with Gasteiger partial charge in [-0.3, -0.25) is 4.99 Å². The average molecular weight is 388 g/mol. The van der Waals surface area contributed by atoms with Crippen molar-refractivity contribution in [2.24, 2.45) is 10.4 Å². The minimum Gasteiger partial charge on any atom is -0.490 e. The van der Waals surface area contributed by atoms with E-state index in [1.807, 2.05) is 32.0 Å². The maximum Gasteiger partial charge on any atom is 0.191 e. The molecule has 2 N–H and O–H groups in total. The van der Waals surface area contributed by atoms with Gasteiger partial charge in [-0.25, -0.2) is 0 Å². The lowest BCUT2D eigenvalue weighted by atomic mass is 10.0. The van der Waals surface area contributed by atoms with Gasteiger partial charge in [0.05, 0.1) is 12.6 Å². The molecule has 6 nitrogen and oxygen atoms in total. The maximum absolute atomic E-state index is 6.10. The number of rotatable bonds is 10. The van der Waals surface area contributed by atoms with Crippen LogP contribution in [0.4, 0.5) is 0 Å². The van der Waals surface area contributed by atoms with E-state index < -0.39 is 0 Å². The van der Waals surface area contributed by atoms with Crippen molar-refractivity contribution in [3.05, 3.63) is 30.0 Å². The predicted molar refractivity (Wildman–Crippen MR) is 113 cm³/mol. The summed E-state index contributed by atoms with van der Waals surface area (Å²) in [6, 6.07) is 8.02. The van der Waals surface area contributed by atoms with Crippen molar-refractivity contribution in [2.45, 2.75) is 46.1 Å². The smallest absolute Gasteiger partial charge is 0.191 e. The first kappa shape index (κ1) is 20.5. The van der Waals surface area contributed by atoms with Crippen LogP contribution in [0.3, 0.4) is 0 Å². The average Bonchev–Trinajstić information content (AvgIpc) is 3.32. The molecule has 0 saturated heterocycles. The fourth-order valence-electron chi connectivity index (χ4n) is 3.41. The Morgan fingerprint density at radius 2 is 2.11 bits per heavy atom. The molecular weight excluding hydrogens is 354 g/mol. The molecule has 28 heavy (non-hydrogen) atoms. The van der Waals surface area contributed by atoms with Gasteiger partial charge in [-0.15, -0.1) is 0 Å². The molecule has 0 radical (unpaired) electrons. The third kappa shape index (κ3) is 4.98. The van der Waals surface area contributed by atoms with Gasteiger partial charge in [0.2, 0.25) is 0 Å². The molecule has 1 fully saturated rings. The Morgan fingerprint density at radius 3 is 2.79 bits per heavy atom. The van der Waals surface area contributed by atoms with E-state index in [1.165, 1.54) is 12.8 Å². The number of furan rings is 1. The number of fused-ring (bicyclic) bond motifs is 1. The van der Waals surface area contributed by atoms with Crippen molar-refractivity contribution in [1.82, 2.24) is 10.6 Å². The third-order valence-electron chi connectivity index (χ3n) is 5.40. The van der Waals surface area contributed by atoms with Crippen molar-refractivity contribution in [3.8, 4) is 5.75 Å². The molecule has 1 heterocycles. The number of hydrogen-bond donors (Lipinski definition) is 2. The van der Waals surface area contributed by atoms with Crippen LogP contribution < -0.4 is 15.4 Å². The number of nitrogens with one attached hydrogen (secondary N) is 2. The summed E-state index contributed by atoms with van der Waals surface area (Å²) in [4.78, 5) is 4.38.